The van der Waals surface area contributed by atoms with Gasteiger partial charge >= 0.3 is 0 Å². The highest BCUT2D eigenvalue weighted by Gasteiger charge is 2.38. The minimum Gasteiger partial charge on any atom is -0.380 e. The number of hydrogen-bond donors (Lipinski definition) is 0. The molecule has 1 fully saturated rings. The molecule has 1 rings (SSSR count). The molecule has 64 valence electrons. The Hall–Kier alpha value is -0.370. The Morgan fingerprint density at radius 3 is 2.82 bits per heavy atom. The number of ether oxygens (including phenoxy) is 1. The number of aldehydes is 1. The van der Waals surface area contributed by atoms with Gasteiger partial charge in [0, 0.05) is 6.61 Å². The van der Waals surface area contributed by atoms with Gasteiger partial charge in [-0.05, 0) is 12.3 Å². The first kappa shape index (κ1) is 8.72. The maximum atomic E-state index is 10.8. The summed E-state index contributed by atoms with van der Waals surface area (Å²) in [5.41, 5.74) is -0.158. The third-order valence-corrected chi connectivity index (χ3v) is 2.91. The first-order valence-electron chi connectivity index (χ1n) is 4.29. The van der Waals surface area contributed by atoms with Crippen LogP contribution in [0.15, 0.2) is 0 Å². The van der Waals surface area contributed by atoms with Gasteiger partial charge in [-0.2, -0.15) is 0 Å². The molecule has 1 heterocycles. The Balaban J connectivity index is 2.65. The minimum absolute atomic E-state index is 0.158. The van der Waals surface area contributed by atoms with Crippen molar-refractivity contribution in [2.45, 2.75) is 26.7 Å². The zero-order valence-electron chi connectivity index (χ0n) is 7.30. The summed E-state index contributed by atoms with van der Waals surface area (Å²) in [6, 6.07) is 0. The number of carbonyl (C=O) groups excluding carboxylic acids is 1. The molecule has 1 aliphatic heterocycles. The molecule has 0 amide bonds. The Morgan fingerprint density at radius 1 is 1.73 bits per heavy atom. The van der Waals surface area contributed by atoms with Gasteiger partial charge in [-0.1, -0.05) is 20.3 Å². The fourth-order valence-electron chi connectivity index (χ4n) is 1.60. The number of hydrogen-bond acceptors (Lipinski definition) is 2. The van der Waals surface area contributed by atoms with Gasteiger partial charge in [0.25, 0.3) is 0 Å². The lowest BCUT2D eigenvalue weighted by Crippen LogP contribution is -2.30. The fourth-order valence-corrected chi connectivity index (χ4v) is 1.60. The quantitative estimate of drug-likeness (QED) is 0.581. The predicted molar refractivity (Wildman–Crippen MR) is 43.4 cm³/mol. The van der Waals surface area contributed by atoms with Crippen LogP contribution in [0.2, 0.25) is 0 Å². The molecule has 0 aromatic heterocycles. The molecule has 0 spiro atoms. The third kappa shape index (κ3) is 1.45. The molecule has 2 atom stereocenters. The van der Waals surface area contributed by atoms with Crippen molar-refractivity contribution in [2.24, 2.45) is 11.3 Å². The average molecular weight is 156 g/mol. The summed E-state index contributed by atoms with van der Waals surface area (Å²) in [4.78, 5) is 10.8. The smallest absolute Gasteiger partial charge is 0.128 e. The molecular formula is C9H16O2. The standard InChI is InChI=1S/C9H16O2/c1-3-8(2)9(6-10)4-5-11-7-9/h6,8H,3-5,7H2,1-2H3. The molecule has 0 radical (unpaired) electrons. The van der Waals surface area contributed by atoms with Crippen molar-refractivity contribution in [3.8, 4) is 0 Å². The molecule has 0 aromatic carbocycles. The average Bonchev–Trinajstić information content (AvgIpc) is 2.52. The molecule has 11 heavy (non-hydrogen) atoms. The van der Waals surface area contributed by atoms with Crippen LogP contribution in [0.5, 0.6) is 0 Å². The minimum atomic E-state index is -0.158. The van der Waals surface area contributed by atoms with E-state index in [1.807, 2.05) is 0 Å². The van der Waals surface area contributed by atoms with Crippen molar-refractivity contribution in [3.05, 3.63) is 0 Å². The second kappa shape index (κ2) is 3.35. The van der Waals surface area contributed by atoms with E-state index in [4.69, 9.17) is 4.74 Å². The summed E-state index contributed by atoms with van der Waals surface area (Å²) >= 11 is 0. The monoisotopic (exact) mass is 156 g/mol. The molecule has 0 N–H and O–H groups in total. The summed E-state index contributed by atoms with van der Waals surface area (Å²) in [6.45, 7) is 5.63. The SMILES string of the molecule is CCC(C)C1(C=O)CCOC1. The van der Waals surface area contributed by atoms with Gasteiger partial charge in [-0.25, -0.2) is 0 Å². The van der Waals surface area contributed by atoms with Crippen molar-refractivity contribution in [2.75, 3.05) is 13.2 Å². The van der Waals surface area contributed by atoms with Gasteiger partial charge in [0.1, 0.15) is 6.29 Å². The molecule has 0 bridgehead atoms. The summed E-state index contributed by atoms with van der Waals surface area (Å²) in [6.07, 6.45) is 3.06. The Labute approximate surface area is 67.9 Å². The Kier molecular flexibility index (Phi) is 2.66. The van der Waals surface area contributed by atoms with E-state index >= 15 is 0 Å². The van der Waals surface area contributed by atoms with E-state index in [-0.39, 0.29) is 5.41 Å². The largest absolute Gasteiger partial charge is 0.380 e. The second-order valence-electron chi connectivity index (χ2n) is 3.46. The number of carbonyl (C=O) groups is 1. The van der Waals surface area contributed by atoms with Crippen LogP contribution < -0.4 is 0 Å². The third-order valence-electron chi connectivity index (χ3n) is 2.91. The lowest BCUT2D eigenvalue weighted by atomic mass is 9.76. The van der Waals surface area contributed by atoms with E-state index in [1.165, 1.54) is 0 Å². The first-order valence-corrected chi connectivity index (χ1v) is 4.29. The van der Waals surface area contributed by atoms with Crippen LogP contribution in [0.4, 0.5) is 0 Å². The van der Waals surface area contributed by atoms with Crippen LogP contribution in [-0.4, -0.2) is 19.5 Å². The van der Waals surface area contributed by atoms with Gasteiger partial charge < -0.3 is 9.53 Å². The van der Waals surface area contributed by atoms with E-state index in [0.717, 1.165) is 25.7 Å². The summed E-state index contributed by atoms with van der Waals surface area (Å²) in [5.74, 6) is 0.461. The zero-order valence-corrected chi connectivity index (χ0v) is 7.30. The van der Waals surface area contributed by atoms with Gasteiger partial charge in [0.15, 0.2) is 0 Å². The Morgan fingerprint density at radius 2 is 2.45 bits per heavy atom. The van der Waals surface area contributed by atoms with Crippen LogP contribution in [0.1, 0.15) is 26.7 Å². The van der Waals surface area contributed by atoms with Crippen molar-refractivity contribution in [3.63, 3.8) is 0 Å². The highest BCUT2D eigenvalue weighted by Crippen LogP contribution is 2.35. The van der Waals surface area contributed by atoms with E-state index < -0.39 is 0 Å². The molecule has 1 saturated heterocycles. The van der Waals surface area contributed by atoms with E-state index in [9.17, 15) is 4.79 Å². The molecule has 0 saturated carbocycles. The lowest BCUT2D eigenvalue weighted by molar-refractivity contribution is -0.118. The first-order chi connectivity index (χ1) is 5.25. The number of rotatable bonds is 3. The predicted octanol–water partition coefficient (Wildman–Crippen LogP) is 1.64. The molecule has 2 nitrogen and oxygen atoms in total. The molecule has 0 aliphatic carbocycles. The van der Waals surface area contributed by atoms with Crippen LogP contribution in [-0.2, 0) is 9.53 Å². The topological polar surface area (TPSA) is 26.3 Å². The molecule has 0 aromatic rings. The van der Waals surface area contributed by atoms with Gasteiger partial charge in [0.05, 0.1) is 12.0 Å². The highest BCUT2D eigenvalue weighted by atomic mass is 16.5. The fraction of sp³-hybridized carbons (Fsp3) is 0.889. The van der Waals surface area contributed by atoms with Crippen LogP contribution in [0, 0.1) is 11.3 Å². The summed E-state index contributed by atoms with van der Waals surface area (Å²) in [7, 11) is 0. The van der Waals surface area contributed by atoms with Crippen LogP contribution >= 0.6 is 0 Å². The molecule has 1 aliphatic rings. The highest BCUT2D eigenvalue weighted by molar-refractivity contribution is 5.60. The van der Waals surface area contributed by atoms with E-state index in [0.29, 0.717) is 12.5 Å². The van der Waals surface area contributed by atoms with Crippen molar-refractivity contribution >= 4 is 6.29 Å². The summed E-state index contributed by atoms with van der Waals surface area (Å²) in [5, 5.41) is 0. The molecular weight excluding hydrogens is 140 g/mol. The lowest BCUT2D eigenvalue weighted by Gasteiger charge is -2.26. The zero-order chi connectivity index (χ0) is 8.32. The van der Waals surface area contributed by atoms with Crippen molar-refractivity contribution in [1.82, 2.24) is 0 Å². The van der Waals surface area contributed by atoms with Crippen LogP contribution in [0.25, 0.3) is 0 Å². The molecule has 2 unspecified atom stereocenters. The van der Waals surface area contributed by atoms with Crippen molar-refractivity contribution < 1.29 is 9.53 Å². The Bertz CT molecular complexity index is 136. The van der Waals surface area contributed by atoms with Crippen molar-refractivity contribution in [1.29, 1.82) is 0 Å². The second-order valence-corrected chi connectivity index (χ2v) is 3.46. The van der Waals surface area contributed by atoms with Gasteiger partial charge in [-0.3, -0.25) is 0 Å². The van der Waals surface area contributed by atoms with E-state index in [1.54, 1.807) is 0 Å². The van der Waals surface area contributed by atoms with E-state index in [2.05, 4.69) is 13.8 Å². The summed E-state index contributed by atoms with van der Waals surface area (Å²) < 4.78 is 5.24. The molecule has 2 heteroatoms. The maximum absolute atomic E-state index is 10.8. The van der Waals surface area contributed by atoms with Crippen LogP contribution in [0.3, 0.4) is 0 Å². The van der Waals surface area contributed by atoms with Gasteiger partial charge in [-0.15, -0.1) is 0 Å². The maximum Gasteiger partial charge on any atom is 0.128 e. The van der Waals surface area contributed by atoms with Gasteiger partial charge in [0.2, 0.25) is 0 Å². The normalized spacial score (nSPS) is 33.6.